The summed E-state index contributed by atoms with van der Waals surface area (Å²) in [5.41, 5.74) is 7.86. The first-order valence-electron chi connectivity index (χ1n) is 12.8. The van der Waals surface area contributed by atoms with E-state index in [0.717, 1.165) is 42.8 Å². The van der Waals surface area contributed by atoms with Crippen molar-refractivity contribution in [1.82, 2.24) is 14.7 Å². The molecule has 3 rings (SSSR count). The molecular formula is C25H41ClN4O6S. The Kier molecular flexibility index (Phi) is 12.1. The lowest BCUT2D eigenvalue weighted by Crippen LogP contribution is -2.53. The van der Waals surface area contributed by atoms with Crippen LogP contribution in [-0.4, -0.2) is 67.1 Å². The van der Waals surface area contributed by atoms with Gasteiger partial charge in [0.2, 0.25) is 15.9 Å². The third-order valence-electron chi connectivity index (χ3n) is 7.48. The zero-order chi connectivity index (χ0) is 26.3. The average Bonchev–Trinajstić information content (AvgIpc) is 2.88. The maximum Gasteiger partial charge on any atom is 0.261 e. The number of sulfonamides is 1. The number of carbonyl (C=O) groups is 2. The van der Waals surface area contributed by atoms with Gasteiger partial charge in [0.05, 0.1) is 18.2 Å². The first-order valence-corrected chi connectivity index (χ1v) is 14.3. The summed E-state index contributed by atoms with van der Waals surface area (Å²) in [6, 6.07) is 4.76. The number of methoxy groups -OCH3 is 1. The van der Waals surface area contributed by atoms with Crippen molar-refractivity contribution in [3.8, 4) is 5.75 Å². The molecule has 0 spiro atoms. The van der Waals surface area contributed by atoms with Crippen LogP contribution < -0.4 is 16.0 Å². The molecule has 37 heavy (non-hydrogen) atoms. The van der Waals surface area contributed by atoms with Crippen LogP contribution in [0.3, 0.4) is 0 Å². The van der Waals surface area contributed by atoms with E-state index in [-0.39, 0.29) is 48.5 Å². The topological polar surface area (TPSA) is 142 Å². The summed E-state index contributed by atoms with van der Waals surface area (Å²) in [5.74, 6) is 0.0288. The van der Waals surface area contributed by atoms with Gasteiger partial charge in [-0.05, 0) is 55.4 Å². The largest absolute Gasteiger partial charge is 0.497 e. The van der Waals surface area contributed by atoms with Crippen LogP contribution in [0.15, 0.2) is 29.2 Å². The number of nitrogens with two attached hydrogens (primary N) is 1. The number of hydroxylamine groups is 1. The molecule has 1 aromatic carbocycles. The van der Waals surface area contributed by atoms with E-state index in [2.05, 4.69) is 6.92 Å². The van der Waals surface area contributed by atoms with Crippen molar-refractivity contribution in [3.63, 3.8) is 0 Å². The van der Waals surface area contributed by atoms with E-state index in [4.69, 9.17) is 10.5 Å². The molecule has 1 heterocycles. The molecule has 3 atom stereocenters. The lowest BCUT2D eigenvalue weighted by atomic mass is 9.84. The van der Waals surface area contributed by atoms with Gasteiger partial charge in [0.25, 0.3) is 5.91 Å². The quantitative estimate of drug-likeness (QED) is 0.295. The fourth-order valence-corrected chi connectivity index (χ4v) is 6.94. The molecule has 1 saturated heterocycles. The second-order valence-corrected chi connectivity index (χ2v) is 11.9. The Hall–Kier alpha value is -1.92. The van der Waals surface area contributed by atoms with Crippen LogP contribution in [0.2, 0.25) is 0 Å². The van der Waals surface area contributed by atoms with Gasteiger partial charge in [0.15, 0.2) is 0 Å². The molecule has 2 amide bonds. The van der Waals surface area contributed by atoms with Crippen LogP contribution in [0.25, 0.3) is 0 Å². The molecule has 12 heteroatoms. The van der Waals surface area contributed by atoms with Gasteiger partial charge in [-0.1, -0.05) is 39.0 Å². The van der Waals surface area contributed by atoms with E-state index in [9.17, 15) is 23.2 Å². The number of rotatable bonds is 10. The number of nitrogens with one attached hydrogen (secondary N) is 1. The van der Waals surface area contributed by atoms with E-state index < -0.39 is 28.1 Å². The molecule has 2 aliphatic rings. The van der Waals surface area contributed by atoms with Crippen LogP contribution in [0.4, 0.5) is 0 Å². The molecule has 1 aliphatic heterocycles. The van der Waals surface area contributed by atoms with Gasteiger partial charge in [0, 0.05) is 19.5 Å². The van der Waals surface area contributed by atoms with E-state index >= 15 is 0 Å². The number of hydrogen-bond donors (Lipinski definition) is 3. The lowest BCUT2D eigenvalue weighted by molar-refractivity contribution is -0.137. The minimum Gasteiger partial charge on any atom is -0.497 e. The number of benzene rings is 1. The molecule has 0 bridgehead atoms. The maximum absolute atomic E-state index is 13.8. The van der Waals surface area contributed by atoms with Crippen LogP contribution in [0.1, 0.15) is 64.7 Å². The molecule has 3 unspecified atom stereocenters. The number of piperidine rings is 1. The Balaban J connectivity index is 0.00000481. The molecule has 4 N–H and O–H groups in total. The van der Waals surface area contributed by atoms with Gasteiger partial charge >= 0.3 is 0 Å². The van der Waals surface area contributed by atoms with Gasteiger partial charge in [-0.3, -0.25) is 14.8 Å². The number of halogens is 1. The van der Waals surface area contributed by atoms with Gasteiger partial charge in [-0.2, -0.15) is 4.31 Å². The Morgan fingerprint density at radius 2 is 1.84 bits per heavy atom. The third kappa shape index (κ3) is 8.03. The predicted molar refractivity (Wildman–Crippen MR) is 142 cm³/mol. The smallest absolute Gasteiger partial charge is 0.261 e. The summed E-state index contributed by atoms with van der Waals surface area (Å²) in [7, 11) is -2.69. The zero-order valence-corrected chi connectivity index (χ0v) is 23.3. The van der Waals surface area contributed by atoms with Crippen LogP contribution >= 0.6 is 12.4 Å². The average molecular weight is 561 g/mol. The fraction of sp³-hybridized carbons (Fsp3) is 0.680. The number of amides is 2. The summed E-state index contributed by atoms with van der Waals surface area (Å²) < 4.78 is 33.8. The lowest BCUT2D eigenvalue weighted by Gasteiger charge is -2.37. The van der Waals surface area contributed by atoms with Crippen molar-refractivity contribution >= 4 is 34.2 Å². The summed E-state index contributed by atoms with van der Waals surface area (Å²) in [4.78, 5) is 27.5. The van der Waals surface area contributed by atoms with Crippen LogP contribution in [-0.2, 0) is 19.6 Å². The molecule has 10 nitrogen and oxygen atoms in total. The molecular weight excluding hydrogens is 520 g/mol. The first-order chi connectivity index (χ1) is 17.2. The number of nitrogens with zero attached hydrogens (tertiary/aromatic N) is 2. The van der Waals surface area contributed by atoms with Crippen LogP contribution in [0, 0.1) is 11.8 Å². The SMILES string of the molecule is COc1ccc(S(=O)(=O)N(CCC(=O)N2CCC(C)CC2N)C(CC2CCCCC2)C(=O)NO)cc1.Cl. The highest BCUT2D eigenvalue weighted by Gasteiger charge is 2.38. The van der Waals surface area contributed by atoms with Gasteiger partial charge < -0.3 is 15.4 Å². The summed E-state index contributed by atoms with van der Waals surface area (Å²) in [6.45, 7) is 2.42. The summed E-state index contributed by atoms with van der Waals surface area (Å²) in [5, 5.41) is 9.50. The number of ether oxygens (including phenoxy) is 1. The van der Waals surface area contributed by atoms with Gasteiger partial charge in [-0.25, -0.2) is 13.9 Å². The van der Waals surface area contributed by atoms with E-state index in [1.165, 1.54) is 31.4 Å². The summed E-state index contributed by atoms with van der Waals surface area (Å²) >= 11 is 0. The zero-order valence-electron chi connectivity index (χ0n) is 21.7. The van der Waals surface area contributed by atoms with Crippen LogP contribution in [0.5, 0.6) is 5.75 Å². The van der Waals surface area contributed by atoms with Crippen molar-refractivity contribution in [2.45, 2.75) is 81.8 Å². The Morgan fingerprint density at radius 3 is 2.41 bits per heavy atom. The predicted octanol–water partition coefficient (Wildman–Crippen LogP) is 2.89. The monoisotopic (exact) mass is 560 g/mol. The van der Waals surface area contributed by atoms with Crippen molar-refractivity contribution in [2.75, 3.05) is 20.2 Å². The Bertz CT molecular complexity index is 987. The first kappa shape index (κ1) is 31.3. The molecule has 1 aliphatic carbocycles. The molecule has 2 fully saturated rings. The number of hydrogen-bond acceptors (Lipinski definition) is 7. The highest BCUT2D eigenvalue weighted by molar-refractivity contribution is 7.89. The normalized spacial score (nSPS) is 21.7. The molecule has 1 aromatic rings. The summed E-state index contributed by atoms with van der Waals surface area (Å²) in [6.07, 6.45) is 6.23. The second kappa shape index (κ2) is 14.3. The van der Waals surface area contributed by atoms with E-state index in [1.807, 2.05) is 0 Å². The van der Waals surface area contributed by atoms with E-state index in [1.54, 1.807) is 10.4 Å². The Morgan fingerprint density at radius 1 is 1.19 bits per heavy atom. The molecule has 210 valence electrons. The van der Waals surface area contributed by atoms with Crippen molar-refractivity contribution in [1.29, 1.82) is 0 Å². The fourth-order valence-electron chi connectivity index (χ4n) is 5.34. The maximum atomic E-state index is 13.8. The highest BCUT2D eigenvalue weighted by Crippen LogP contribution is 2.31. The van der Waals surface area contributed by atoms with Gasteiger partial charge in [0.1, 0.15) is 11.8 Å². The van der Waals surface area contributed by atoms with Crippen molar-refractivity contribution < 1.29 is 28.0 Å². The van der Waals surface area contributed by atoms with Crippen molar-refractivity contribution in [3.05, 3.63) is 24.3 Å². The minimum absolute atomic E-state index is 0. The van der Waals surface area contributed by atoms with E-state index in [0.29, 0.717) is 24.6 Å². The minimum atomic E-state index is -4.18. The third-order valence-corrected chi connectivity index (χ3v) is 9.40. The number of carbonyl (C=O) groups excluding carboxylic acids is 2. The highest BCUT2D eigenvalue weighted by atomic mass is 35.5. The Labute approximate surface area is 226 Å². The molecule has 0 aromatic heterocycles. The van der Waals surface area contributed by atoms with Gasteiger partial charge in [-0.15, -0.1) is 12.4 Å². The standard InChI is InChI=1S/C25H40N4O6S.ClH/c1-18-12-14-28(23(26)16-18)24(30)13-15-29(36(33,34)21-10-8-20(35-2)9-11-21)22(25(31)27-32)17-19-6-4-3-5-7-19;/h8-11,18-19,22-23,32H,3-7,12-17,26H2,1-2H3,(H,27,31);1H. The number of likely N-dealkylation sites (tertiary alicyclic amines) is 1. The van der Waals surface area contributed by atoms with Crippen molar-refractivity contribution in [2.24, 2.45) is 17.6 Å². The molecule has 0 radical (unpaired) electrons. The molecule has 1 saturated carbocycles. The second-order valence-electron chi connectivity index (χ2n) is 10.1.